The molecule has 0 aliphatic carbocycles. The van der Waals surface area contributed by atoms with Crippen LogP contribution in [0.1, 0.15) is 5.56 Å². The fraction of sp³-hybridized carbons (Fsp3) is 0.188. The van der Waals surface area contributed by atoms with E-state index in [2.05, 4.69) is 21.2 Å². The number of halogens is 1. The normalized spacial score (nSPS) is 12.5. The van der Waals surface area contributed by atoms with Crippen LogP contribution in [0.15, 0.2) is 40.9 Å². The highest BCUT2D eigenvalue weighted by Crippen LogP contribution is 2.35. The largest absolute Gasteiger partial charge is 0.486 e. The van der Waals surface area contributed by atoms with E-state index in [1.807, 2.05) is 0 Å². The number of nitro benzene ring substituents is 1. The summed E-state index contributed by atoms with van der Waals surface area (Å²) >= 11 is 3.42. The number of hydrogen-bond acceptors (Lipinski definition) is 5. The number of carbonyl (C=O) groups excluding carboxylic acids is 1. The minimum absolute atomic E-state index is 0.0254. The lowest BCUT2D eigenvalue weighted by molar-refractivity contribution is -0.384. The van der Waals surface area contributed by atoms with Crippen molar-refractivity contribution in [2.45, 2.75) is 6.42 Å². The molecular weight excluding hydrogens is 380 g/mol. The third-order valence-corrected chi connectivity index (χ3v) is 4.16. The molecule has 8 heteroatoms. The smallest absolute Gasteiger partial charge is 0.269 e. The van der Waals surface area contributed by atoms with E-state index in [9.17, 15) is 14.9 Å². The molecule has 2 aromatic rings. The molecule has 1 N–H and O–H groups in total. The van der Waals surface area contributed by atoms with Crippen LogP contribution >= 0.6 is 15.9 Å². The third-order valence-electron chi connectivity index (χ3n) is 3.42. The van der Waals surface area contributed by atoms with Gasteiger partial charge in [0.15, 0.2) is 11.5 Å². The van der Waals surface area contributed by atoms with Crippen molar-refractivity contribution >= 4 is 33.2 Å². The summed E-state index contributed by atoms with van der Waals surface area (Å²) in [5, 5.41) is 13.3. The van der Waals surface area contributed by atoms with E-state index < -0.39 is 4.92 Å². The summed E-state index contributed by atoms with van der Waals surface area (Å²) in [4.78, 5) is 22.3. The number of nitrogens with one attached hydrogen (secondary N) is 1. The molecule has 0 aromatic heterocycles. The lowest BCUT2D eigenvalue weighted by Gasteiger charge is -2.19. The number of amides is 1. The second-order valence-electron chi connectivity index (χ2n) is 5.12. The van der Waals surface area contributed by atoms with Gasteiger partial charge in [-0.3, -0.25) is 14.9 Å². The summed E-state index contributed by atoms with van der Waals surface area (Å²) in [6.07, 6.45) is 0.133. The zero-order valence-electron chi connectivity index (χ0n) is 12.5. The van der Waals surface area contributed by atoms with Crippen LogP contribution in [0.25, 0.3) is 0 Å². The van der Waals surface area contributed by atoms with Gasteiger partial charge in [-0.15, -0.1) is 0 Å². The summed E-state index contributed by atoms with van der Waals surface area (Å²) in [6, 6.07) is 9.23. The Morgan fingerprint density at radius 2 is 1.79 bits per heavy atom. The number of ether oxygens (including phenoxy) is 2. The zero-order valence-corrected chi connectivity index (χ0v) is 14.0. The Labute approximate surface area is 145 Å². The molecule has 0 radical (unpaired) electrons. The molecule has 1 aliphatic heterocycles. The van der Waals surface area contributed by atoms with Crippen LogP contribution in [0, 0.1) is 10.1 Å². The summed E-state index contributed by atoms with van der Waals surface area (Å²) < 4.78 is 11.7. The van der Waals surface area contributed by atoms with Gasteiger partial charge >= 0.3 is 0 Å². The zero-order chi connectivity index (χ0) is 17.1. The van der Waals surface area contributed by atoms with Crippen LogP contribution in [0.3, 0.4) is 0 Å². The fourth-order valence-electron chi connectivity index (χ4n) is 2.29. The Kier molecular flexibility index (Phi) is 4.66. The summed E-state index contributed by atoms with van der Waals surface area (Å²) in [7, 11) is 0. The van der Waals surface area contributed by atoms with Crippen molar-refractivity contribution in [1.29, 1.82) is 0 Å². The maximum absolute atomic E-state index is 12.2. The first-order valence-electron chi connectivity index (χ1n) is 7.15. The molecule has 0 unspecified atom stereocenters. The molecule has 0 atom stereocenters. The number of anilines is 1. The first kappa shape index (κ1) is 16.3. The van der Waals surface area contributed by atoms with E-state index in [0.29, 0.717) is 30.4 Å². The van der Waals surface area contributed by atoms with E-state index in [1.165, 1.54) is 24.3 Å². The van der Waals surface area contributed by atoms with Crippen LogP contribution < -0.4 is 14.8 Å². The van der Waals surface area contributed by atoms with Crippen molar-refractivity contribution in [3.8, 4) is 11.5 Å². The minimum atomic E-state index is -0.488. The first-order chi connectivity index (χ1) is 11.5. The number of benzene rings is 2. The summed E-state index contributed by atoms with van der Waals surface area (Å²) in [5.41, 5.74) is 1.24. The fourth-order valence-corrected chi connectivity index (χ4v) is 2.75. The van der Waals surface area contributed by atoms with Gasteiger partial charge in [0.2, 0.25) is 5.91 Å². The van der Waals surface area contributed by atoms with E-state index in [1.54, 1.807) is 12.1 Å². The summed E-state index contributed by atoms with van der Waals surface area (Å²) in [6.45, 7) is 0.975. The molecule has 7 nitrogen and oxygen atoms in total. The number of nitro groups is 1. The van der Waals surface area contributed by atoms with Crippen molar-refractivity contribution in [2.24, 2.45) is 0 Å². The second-order valence-corrected chi connectivity index (χ2v) is 5.97. The summed E-state index contributed by atoms with van der Waals surface area (Å²) in [5.74, 6) is 1.02. The van der Waals surface area contributed by atoms with Gasteiger partial charge in [0.05, 0.1) is 11.3 Å². The van der Waals surface area contributed by atoms with Gasteiger partial charge in [0.1, 0.15) is 13.2 Å². The van der Waals surface area contributed by atoms with Gasteiger partial charge < -0.3 is 14.8 Å². The van der Waals surface area contributed by atoms with Gasteiger partial charge in [-0.25, -0.2) is 0 Å². The number of fused-ring (bicyclic) bond motifs is 1. The van der Waals surface area contributed by atoms with E-state index >= 15 is 0 Å². The van der Waals surface area contributed by atoms with Crippen LogP contribution in [0.5, 0.6) is 11.5 Å². The monoisotopic (exact) mass is 392 g/mol. The molecule has 0 saturated heterocycles. The van der Waals surface area contributed by atoms with E-state index in [4.69, 9.17) is 9.47 Å². The molecule has 24 heavy (non-hydrogen) atoms. The van der Waals surface area contributed by atoms with Gasteiger partial charge in [-0.1, -0.05) is 15.9 Å². The average Bonchev–Trinajstić information content (AvgIpc) is 2.56. The second kappa shape index (κ2) is 6.88. The van der Waals surface area contributed by atoms with Gasteiger partial charge in [-0.05, 0) is 29.8 Å². The van der Waals surface area contributed by atoms with Crippen LogP contribution in [0.2, 0.25) is 0 Å². The predicted molar refractivity (Wildman–Crippen MR) is 90.6 cm³/mol. The number of hydrogen-bond donors (Lipinski definition) is 1. The molecule has 124 valence electrons. The highest BCUT2D eigenvalue weighted by molar-refractivity contribution is 9.10. The molecule has 0 saturated carbocycles. The first-order valence-corrected chi connectivity index (χ1v) is 7.94. The molecule has 1 aliphatic rings. The highest BCUT2D eigenvalue weighted by atomic mass is 79.9. The molecule has 2 aromatic carbocycles. The number of carbonyl (C=O) groups is 1. The van der Waals surface area contributed by atoms with Gasteiger partial charge in [-0.2, -0.15) is 0 Å². The Morgan fingerprint density at radius 1 is 1.17 bits per heavy atom. The van der Waals surface area contributed by atoms with Crippen LogP contribution in [-0.4, -0.2) is 24.0 Å². The number of non-ortho nitro benzene ring substituents is 1. The van der Waals surface area contributed by atoms with Crippen molar-refractivity contribution in [3.05, 3.63) is 56.5 Å². The molecule has 3 rings (SSSR count). The Balaban J connectivity index is 1.69. The Morgan fingerprint density at radius 3 is 2.42 bits per heavy atom. The molecule has 0 spiro atoms. The third kappa shape index (κ3) is 3.65. The molecule has 1 heterocycles. The van der Waals surface area contributed by atoms with Crippen molar-refractivity contribution in [1.82, 2.24) is 0 Å². The molecule has 0 bridgehead atoms. The number of rotatable bonds is 4. The molecular formula is C16H13BrN2O5. The van der Waals surface area contributed by atoms with Crippen molar-refractivity contribution < 1.29 is 19.2 Å². The van der Waals surface area contributed by atoms with Crippen LogP contribution in [0.4, 0.5) is 11.4 Å². The van der Waals surface area contributed by atoms with Gasteiger partial charge in [0, 0.05) is 22.3 Å². The predicted octanol–water partition coefficient (Wildman–Crippen LogP) is 3.31. The molecule has 0 fully saturated rings. The quantitative estimate of drug-likeness (QED) is 0.636. The Bertz CT molecular complexity index is 792. The number of nitrogens with zero attached hydrogens (tertiary/aromatic N) is 1. The SMILES string of the molecule is O=C(Cc1cc2c(cc1Br)OCCO2)Nc1ccc([N+](=O)[O-])cc1. The van der Waals surface area contributed by atoms with E-state index in [-0.39, 0.29) is 18.0 Å². The highest BCUT2D eigenvalue weighted by Gasteiger charge is 2.16. The maximum atomic E-state index is 12.2. The minimum Gasteiger partial charge on any atom is -0.486 e. The standard InChI is InChI=1S/C16H13BrN2O5/c17-13-9-15-14(23-5-6-24-15)7-10(13)8-16(20)18-11-1-3-12(4-2-11)19(21)22/h1-4,7,9H,5-6,8H2,(H,18,20). The van der Waals surface area contributed by atoms with Crippen LogP contribution in [-0.2, 0) is 11.2 Å². The molecule has 1 amide bonds. The topological polar surface area (TPSA) is 90.7 Å². The van der Waals surface area contributed by atoms with E-state index in [0.717, 1.165) is 10.0 Å². The Hall–Kier alpha value is -2.61. The maximum Gasteiger partial charge on any atom is 0.269 e. The van der Waals surface area contributed by atoms with Crippen molar-refractivity contribution in [3.63, 3.8) is 0 Å². The average molecular weight is 393 g/mol. The lowest BCUT2D eigenvalue weighted by atomic mass is 10.1. The lowest BCUT2D eigenvalue weighted by Crippen LogP contribution is -2.17. The van der Waals surface area contributed by atoms with Crippen molar-refractivity contribution in [2.75, 3.05) is 18.5 Å². The van der Waals surface area contributed by atoms with Gasteiger partial charge in [0.25, 0.3) is 5.69 Å².